The fraction of sp³-hybridized carbons (Fsp3) is 0.417. The zero-order valence-corrected chi connectivity index (χ0v) is 9.28. The standard InChI is InChI=1S/C12H16O3/c1-4-8(2)9-5-6-11(15-3)12(14)10(9)7-13/h5-8,14H,4H2,1-3H3. The maximum Gasteiger partial charge on any atom is 0.168 e. The highest BCUT2D eigenvalue weighted by Crippen LogP contribution is 2.34. The fourth-order valence-electron chi connectivity index (χ4n) is 1.54. The Kier molecular flexibility index (Phi) is 3.72. The summed E-state index contributed by atoms with van der Waals surface area (Å²) >= 11 is 0. The van der Waals surface area contributed by atoms with E-state index in [1.54, 1.807) is 6.07 Å². The molecule has 15 heavy (non-hydrogen) atoms. The number of hydrogen-bond acceptors (Lipinski definition) is 3. The zero-order chi connectivity index (χ0) is 11.4. The number of ether oxygens (including phenoxy) is 1. The fourth-order valence-corrected chi connectivity index (χ4v) is 1.54. The zero-order valence-electron chi connectivity index (χ0n) is 9.28. The van der Waals surface area contributed by atoms with Crippen molar-refractivity contribution in [1.29, 1.82) is 0 Å². The first-order chi connectivity index (χ1) is 7.15. The Morgan fingerprint density at radius 3 is 2.67 bits per heavy atom. The number of carbonyl (C=O) groups is 1. The van der Waals surface area contributed by atoms with Gasteiger partial charge in [0.15, 0.2) is 17.8 Å². The number of rotatable bonds is 4. The van der Waals surface area contributed by atoms with Crippen LogP contribution in [0.5, 0.6) is 11.5 Å². The maximum atomic E-state index is 10.9. The first-order valence-electron chi connectivity index (χ1n) is 5.00. The van der Waals surface area contributed by atoms with Gasteiger partial charge in [0.2, 0.25) is 0 Å². The van der Waals surface area contributed by atoms with Crippen LogP contribution in [-0.4, -0.2) is 18.5 Å². The Morgan fingerprint density at radius 1 is 1.53 bits per heavy atom. The molecule has 1 N–H and O–H groups in total. The largest absolute Gasteiger partial charge is 0.504 e. The van der Waals surface area contributed by atoms with Gasteiger partial charge in [-0.2, -0.15) is 0 Å². The Morgan fingerprint density at radius 2 is 2.20 bits per heavy atom. The number of benzene rings is 1. The second-order valence-electron chi connectivity index (χ2n) is 3.55. The van der Waals surface area contributed by atoms with Crippen molar-refractivity contribution in [1.82, 2.24) is 0 Å². The summed E-state index contributed by atoms with van der Waals surface area (Å²) in [5, 5.41) is 9.76. The van der Waals surface area contributed by atoms with Gasteiger partial charge in [-0.25, -0.2) is 0 Å². The van der Waals surface area contributed by atoms with Crippen LogP contribution >= 0.6 is 0 Å². The van der Waals surface area contributed by atoms with Crippen LogP contribution in [0.2, 0.25) is 0 Å². The second-order valence-corrected chi connectivity index (χ2v) is 3.55. The van der Waals surface area contributed by atoms with Crippen molar-refractivity contribution >= 4 is 6.29 Å². The second kappa shape index (κ2) is 4.82. The quantitative estimate of drug-likeness (QED) is 0.774. The molecule has 0 aliphatic carbocycles. The molecule has 0 bridgehead atoms. The minimum absolute atomic E-state index is 0.0645. The first-order valence-corrected chi connectivity index (χ1v) is 5.00. The molecule has 1 aromatic carbocycles. The lowest BCUT2D eigenvalue weighted by Crippen LogP contribution is -1.99. The van der Waals surface area contributed by atoms with Crippen LogP contribution in [0.4, 0.5) is 0 Å². The van der Waals surface area contributed by atoms with Gasteiger partial charge in [-0.15, -0.1) is 0 Å². The van der Waals surface area contributed by atoms with Crippen molar-refractivity contribution in [3.63, 3.8) is 0 Å². The van der Waals surface area contributed by atoms with Crippen molar-refractivity contribution in [2.24, 2.45) is 0 Å². The third kappa shape index (κ3) is 2.12. The molecular weight excluding hydrogens is 192 g/mol. The molecule has 1 unspecified atom stereocenters. The van der Waals surface area contributed by atoms with Crippen molar-refractivity contribution in [3.8, 4) is 11.5 Å². The van der Waals surface area contributed by atoms with Crippen LogP contribution in [0.15, 0.2) is 12.1 Å². The van der Waals surface area contributed by atoms with Crippen LogP contribution in [0.3, 0.4) is 0 Å². The monoisotopic (exact) mass is 208 g/mol. The summed E-state index contributed by atoms with van der Waals surface area (Å²) in [4.78, 5) is 10.9. The van der Waals surface area contributed by atoms with E-state index in [2.05, 4.69) is 0 Å². The smallest absolute Gasteiger partial charge is 0.168 e. The van der Waals surface area contributed by atoms with Gasteiger partial charge in [-0.1, -0.05) is 19.9 Å². The van der Waals surface area contributed by atoms with Gasteiger partial charge >= 0.3 is 0 Å². The molecule has 0 saturated heterocycles. The van der Waals surface area contributed by atoms with E-state index in [4.69, 9.17) is 4.74 Å². The molecule has 82 valence electrons. The molecule has 0 aliphatic heterocycles. The number of hydrogen-bond donors (Lipinski definition) is 1. The minimum atomic E-state index is -0.0645. The molecule has 0 saturated carbocycles. The van der Waals surface area contributed by atoms with Gasteiger partial charge < -0.3 is 9.84 Å². The molecule has 0 spiro atoms. The molecule has 0 heterocycles. The molecule has 0 amide bonds. The van der Waals surface area contributed by atoms with Crippen molar-refractivity contribution in [2.75, 3.05) is 7.11 Å². The lowest BCUT2D eigenvalue weighted by molar-refractivity contribution is 0.111. The highest BCUT2D eigenvalue weighted by Gasteiger charge is 2.15. The molecular formula is C12H16O3. The summed E-state index contributed by atoms with van der Waals surface area (Å²) in [7, 11) is 1.46. The summed E-state index contributed by atoms with van der Waals surface area (Å²) < 4.78 is 4.95. The maximum absolute atomic E-state index is 10.9. The van der Waals surface area contributed by atoms with E-state index in [0.29, 0.717) is 17.6 Å². The lowest BCUT2D eigenvalue weighted by atomic mass is 9.93. The van der Waals surface area contributed by atoms with Crippen LogP contribution in [0.1, 0.15) is 42.1 Å². The summed E-state index contributed by atoms with van der Waals surface area (Å²) in [6.45, 7) is 4.06. The van der Waals surface area contributed by atoms with Gasteiger partial charge in [0.05, 0.1) is 12.7 Å². The molecule has 1 aromatic rings. The number of aldehydes is 1. The normalized spacial score (nSPS) is 12.2. The van der Waals surface area contributed by atoms with E-state index in [1.807, 2.05) is 19.9 Å². The highest BCUT2D eigenvalue weighted by molar-refractivity contribution is 5.83. The average Bonchev–Trinajstić information content (AvgIpc) is 2.27. The van der Waals surface area contributed by atoms with Gasteiger partial charge in [0.25, 0.3) is 0 Å². The van der Waals surface area contributed by atoms with Crippen LogP contribution in [0.25, 0.3) is 0 Å². The van der Waals surface area contributed by atoms with Gasteiger partial charge in [0.1, 0.15) is 0 Å². The summed E-state index contributed by atoms with van der Waals surface area (Å²) in [5.74, 6) is 0.524. The third-order valence-corrected chi connectivity index (χ3v) is 2.69. The van der Waals surface area contributed by atoms with Crippen molar-refractivity contribution in [3.05, 3.63) is 23.3 Å². The SMILES string of the molecule is CCC(C)c1ccc(OC)c(O)c1C=O. The number of aromatic hydroxyl groups is 1. The van der Waals surface area contributed by atoms with Gasteiger partial charge in [-0.05, 0) is 24.0 Å². The van der Waals surface area contributed by atoms with Gasteiger partial charge in [0, 0.05) is 0 Å². The Hall–Kier alpha value is -1.51. The summed E-state index contributed by atoms with van der Waals surface area (Å²) in [6.07, 6.45) is 1.60. The third-order valence-electron chi connectivity index (χ3n) is 2.69. The molecule has 0 radical (unpaired) electrons. The summed E-state index contributed by atoms with van der Waals surface area (Å²) in [6, 6.07) is 3.51. The molecule has 3 nitrogen and oxygen atoms in total. The number of phenolic OH excluding ortho intramolecular Hbond substituents is 1. The minimum Gasteiger partial charge on any atom is -0.504 e. The first kappa shape index (κ1) is 11.6. The van der Waals surface area contributed by atoms with E-state index in [1.165, 1.54) is 7.11 Å². The van der Waals surface area contributed by atoms with Gasteiger partial charge in [-0.3, -0.25) is 4.79 Å². The van der Waals surface area contributed by atoms with E-state index in [9.17, 15) is 9.90 Å². The topological polar surface area (TPSA) is 46.5 Å². The average molecular weight is 208 g/mol. The van der Waals surface area contributed by atoms with Crippen molar-refractivity contribution in [2.45, 2.75) is 26.2 Å². The van der Waals surface area contributed by atoms with E-state index in [0.717, 1.165) is 12.0 Å². The van der Waals surface area contributed by atoms with E-state index in [-0.39, 0.29) is 11.7 Å². The predicted octanol–water partition coefficient (Wildman–Crippen LogP) is 2.73. The number of phenols is 1. The molecule has 1 rings (SSSR count). The molecule has 0 aromatic heterocycles. The lowest BCUT2D eigenvalue weighted by Gasteiger charge is -2.14. The van der Waals surface area contributed by atoms with E-state index >= 15 is 0 Å². The van der Waals surface area contributed by atoms with Crippen molar-refractivity contribution < 1.29 is 14.6 Å². The molecule has 3 heteroatoms. The Bertz CT molecular complexity index is 358. The molecule has 1 atom stereocenters. The Labute approximate surface area is 89.7 Å². The highest BCUT2D eigenvalue weighted by atomic mass is 16.5. The van der Waals surface area contributed by atoms with E-state index < -0.39 is 0 Å². The number of carbonyl (C=O) groups excluding carboxylic acids is 1. The molecule has 0 fully saturated rings. The van der Waals surface area contributed by atoms with Crippen LogP contribution in [-0.2, 0) is 0 Å². The molecule has 0 aliphatic rings. The van der Waals surface area contributed by atoms with Crippen LogP contribution in [0, 0.1) is 0 Å². The number of methoxy groups -OCH3 is 1. The summed E-state index contributed by atoms with van der Waals surface area (Å²) in [5.41, 5.74) is 1.20. The van der Waals surface area contributed by atoms with Crippen LogP contribution < -0.4 is 4.74 Å². The Balaban J connectivity index is 3.30. The predicted molar refractivity (Wildman–Crippen MR) is 58.8 cm³/mol.